The van der Waals surface area contributed by atoms with E-state index in [2.05, 4.69) is 44.6 Å². The van der Waals surface area contributed by atoms with Gasteiger partial charge in [0, 0.05) is 44.5 Å². The molecule has 0 spiro atoms. The van der Waals surface area contributed by atoms with E-state index in [1.165, 1.54) is 11.1 Å². The molecule has 3 N–H and O–H groups in total. The highest BCUT2D eigenvalue weighted by molar-refractivity contribution is 5.88. The number of carbonyl (C=O) groups excluding carboxylic acids is 2. The van der Waals surface area contributed by atoms with Crippen LogP contribution < -0.4 is 10.6 Å². The van der Waals surface area contributed by atoms with Crippen LogP contribution in [0.2, 0.25) is 0 Å². The third-order valence-electron chi connectivity index (χ3n) is 4.73. The molecule has 1 aromatic heterocycles. The highest BCUT2D eigenvalue weighted by Crippen LogP contribution is 2.16. The summed E-state index contributed by atoms with van der Waals surface area (Å²) in [6, 6.07) is 7.71. The Morgan fingerprint density at radius 1 is 1.38 bits per heavy atom. The van der Waals surface area contributed by atoms with Crippen LogP contribution in [0, 0.1) is 6.92 Å². The Labute approximate surface area is 153 Å². The molecular weight excluding hydrogens is 330 g/mol. The number of hydrogen-bond acceptors (Lipinski definition) is 4. The average Bonchev–Trinajstić information content (AvgIpc) is 3.13. The Bertz CT molecular complexity index is 744. The lowest BCUT2D eigenvalue weighted by atomic mass is 10.0. The summed E-state index contributed by atoms with van der Waals surface area (Å²) in [7, 11) is 0. The normalized spacial score (nSPS) is 17.7. The van der Waals surface area contributed by atoms with E-state index in [4.69, 9.17) is 0 Å². The predicted octanol–water partition coefficient (Wildman–Crippen LogP) is 0.768. The van der Waals surface area contributed by atoms with Crippen LogP contribution in [-0.2, 0) is 22.6 Å². The van der Waals surface area contributed by atoms with Crippen molar-refractivity contribution in [3.63, 3.8) is 0 Å². The zero-order chi connectivity index (χ0) is 18.4. The fourth-order valence-corrected chi connectivity index (χ4v) is 3.19. The van der Waals surface area contributed by atoms with Gasteiger partial charge in [0.25, 0.3) is 0 Å². The summed E-state index contributed by atoms with van der Waals surface area (Å²) < 4.78 is 0. The van der Waals surface area contributed by atoms with Crippen molar-refractivity contribution in [2.45, 2.75) is 32.4 Å². The first-order valence-corrected chi connectivity index (χ1v) is 8.93. The van der Waals surface area contributed by atoms with E-state index in [1.807, 2.05) is 12.1 Å². The summed E-state index contributed by atoms with van der Waals surface area (Å²) in [4.78, 5) is 33.7. The molecule has 138 valence electrons. The number of aryl methyl sites for hydroxylation is 1. The molecule has 1 saturated heterocycles. The van der Waals surface area contributed by atoms with Crippen molar-refractivity contribution in [1.29, 1.82) is 0 Å². The molecule has 2 heterocycles. The van der Waals surface area contributed by atoms with Crippen molar-refractivity contribution in [2.24, 2.45) is 0 Å². The van der Waals surface area contributed by atoms with Crippen molar-refractivity contribution >= 4 is 11.8 Å². The molecular formula is C19H25N5O2. The molecule has 26 heavy (non-hydrogen) atoms. The summed E-state index contributed by atoms with van der Waals surface area (Å²) >= 11 is 0. The van der Waals surface area contributed by atoms with Gasteiger partial charge in [-0.3, -0.25) is 14.5 Å². The van der Waals surface area contributed by atoms with Gasteiger partial charge in [-0.25, -0.2) is 4.98 Å². The molecule has 0 bridgehead atoms. The molecule has 1 fully saturated rings. The van der Waals surface area contributed by atoms with E-state index in [9.17, 15) is 9.59 Å². The van der Waals surface area contributed by atoms with E-state index in [1.54, 1.807) is 12.5 Å². The third kappa shape index (κ3) is 4.70. The maximum atomic E-state index is 12.3. The van der Waals surface area contributed by atoms with E-state index < -0.39 is 6.04 Å². The van der Waals surface area contributed by atoms with Crippen LogP contribution in [0.4, 0.5) is 0 Å². The van der Waals surface area contributed by atoms with Crippen molar-refractivity contribution in [3.05, 3.63) is 53.6 Å². The summed E-state index contributed by atoms with van der Waals surface area (Å²) in [5.74, 6) is -0.185. The van der Waals surface area contributed by atoms with Crippen molar-refractivity contribution in [1.82, 2.24) is 25.5 Å². The highest BCUT2D eigenvalue weighted by atomic mass is 16.2. The number of nitrogens with zero attached hydrogens (tertiary/aromatic N) is 2. The van der Waals surface area contributed by atoms with E-state index in [0.717, 1.165) is 12.2 Å². The highest BCUT2D eigenvalue weighted by Gasteiger charge is 2.31. The molecule has 1 atom stereocenters. The average molecular weight is 355 g/mol. The lowest BCUT2D eigenvalue weighted by Crippen LogP contribution is -2.56. The number of piperazine rings is 1. The number of carbonyl (C=O) groups is 2. The van der Waals surface area contributed by atoms with Crippen LogP contribution in [0.15, 0.2) is 36.8 Å². The maximum absolute atomic E-state index is 12.3. The molecule has 1 aliphatic rings. The summed E-state index contributed by atoms with van der Waals surface area (Å²) in [6.45, 7) is 4.62. The molecule has 7 nitrogen and oxygen atoms in total. The minimum absolute atomic E-state index is 0.0754. The van der Waals surface area contributed by atoms with Crippen LogP contribution in [-0.4, -0.2) is 52.4 Å². The number of H-pyrrole nitrogens is 1. The Morgan fingerprint density at radius 3 is 3.00 bits per heavy atom. The van der Waals surface area contributed by atoms with Gasteiger partial charge in [0.1, 0.15) is 0 Å². The van der Waals surface area contributed by atoms with Crippen molar-refractivity contribution in [2.75, 3.05) is 19.6 Å². The molecule has 2 aromatic rings. The summed E-state index contributed by atoms with van der Waals surface area (Å²) in [5, 5.41) is 5.76. The number of benzene rings is 1. The zero-order valence-electron chi connectivity index (χ0n) is 15.0. The molecule has 2 amide bonds. The van der Waals surface area contributed by atoms with Gasteiger partial charge >= 0.3 is 0 Å². The first-order chi connectivity index (χ1) is 12.6. The molecule has 0 saturated carbocycles. The number of imidazole rings is 1. The van der Waals surface area contributed by atoms with Crippen molar-refractivity contribution < 1.29 is 9.59 Å². The summed E-state index contributed by atoms with van der Waals surface area (Å²) in [5.41, 5.74) is 3.36. The van der Waals surface area contributed by atoms with Gasteiger partial charge in [0.05, 0.1) is 18.8 Å². The number of aromatic nitrogens is 2. The van der Waals surface area contributed by atoms with Gasteiger partial charge in [-0.15, -0.1) is 0 Å². The van der Waals surface area contributed by atoms with Gasteiger partial charge in [0.15, 0.2) is 0 Å². The third-order valence-corrected chi connectivity index (χ3v) is 4.73. The standard InChI is InChI=1S/C19H25N5O2/c1-14-4-2-3-5-15(14)12-24-9-8-22-19(26)17(24)10-18(25)21-7-6-16-11-20-13-23-16/h2-5,11,13,17H,6-10,12H2,1H3,(H,20,23)(H,21,25)(H,22,26). The van der Waals surface area contributed by atoms with Crippen LogP contribution in [0.1, 0.15) is 23.2 Å². The van der Waals surface area contributed by atoms with Gasteiger partial charge in [-0.2, -0.15) is 0 Å². The van der Waals surface area contributed by atoms with Gasteiger partial charge in [-0.05, 0) is 18.1 Å². The smallest absolute Gasteiger partial charge is 0.237 e. The minimum Gasteiger partial charge on any atom is -0.356 e. The second-order valence-electron chi connectivity index (χ2n) is 6.58. The summed E-state index contributed by atoms with van der Waals surface area (Å²) in [6.07, 6.45) is 4.22. The number of nitrogens with one attached hydrogen (secondary N) is 3. The predicted molar refractivity (Wildman–Crippen MR) is 98.3 cm³/mol. The SMILES string of the molecule is Cc1ccccc1CN1CCNC(=O)C1CC(=O)NCCc1cnc[nH]1. The zero-order valence-corrected chi connectivity index (χ0v) is 15.0. The molecule has 1 aliphatic heterocycles. The first-order valence-electron chi connectivity index (χ1n) is 8.93. The lowest BCUT2D eigenvalue weighted by molar-refractivity contribution is -0.134. The Morgan fingerprint density at radius 2 is 2.23 bits per heavy atom. The fourth-order valence-electron chi connectivity index (χ4n) is 3.19. The number of rotatable bonds is 7. The minimum atomic E-state index is -0.435. The van der Waals surface area contributed by atoms with E-state index in [0.29, 0.717) is 26.1 Å². The molecule has 7 heteroatoms. The van der Waals surface area contributed by atoms with Crippen LogP contribution >= 0.6 is 0 Å². The monoisotopic (exact) mass is 355 g/mol. The number of hydrogen-bond donors (Lipinski definition) is 3. The van der Waals surface area contributed by atoms with Crippen LogP contribution in [0.3, 0.4) is 0 Å². The molecule has 0 radical (unpaired) electrons. The van der Waals surface area contributed by atoms with Gasteiger partial charge in [0.2, 0.25) is 11.8 Å². The Kier molecular flexibility index (Phi) is 6.01. The van der Waals surface area contributed by atoms with Crippen molar-refractivity contribution in [3.8, 4) is 0 Å². The molecule has 1 aromatic carbocycles. The molecule has 0 aliphatic carbocycles. The number of aromatic amines is 1. The second kappa shape index (κ2) is 8.62. The van der Waals surface area contributed by atoms with E-state index >= 15 is 0 Å². The molecule has 3 rings (SSSR count). The lowest BCUT2D eigenvalue weighted by Gasteiger charge is -2.35. The topological polar surface area (TPSA) is 90.1 Å². The number of amides is 2. The molecule has 1 unspecified atom stereocenters. The van der Waals surface area contributed by atoms with Crippen LogP contribution in [0.25, 0.3) is 0 Å². The quantitative estimate of drug-likeness (QED) is 0.684. The first kappa shape index (κ1) is 18.1. The van der Waals surface area contributed by atoms with Gasteiger partial charge < -0.3 is 15.6 Å². The Hall–Kier alpha value is -2.67. The largest absolute Gasteiger partial charge is 0.356 e. The van der Waals surface area contributed by atoms with E-state index in [-0.39, 0.29) is 18.2 Å². The van der Waals surface area contributed by atoms with Crippen LogP contribution in [0.5, 0.6) is 0 Å². The van der Waals surface area contributed by atoms with Gasteiger partial charge in [-0.1, -0.05) is 24.3 Å². The maximum Gasteiger partial charge on any atom is 0.237 e. The Balaban J connectivity index is 1.56. The fraction of sp³-hybridized carbons (Fsp3) is 0.421. The second-order valence-corrected chi connectivity index (χ2v) is 6.58.